The molecule has 102 valence electrons. The molecule has 1 heterocycles. The number of nitrogens with zero attached hydrogens (tertiary/aromatic N) is 3. The van der Waals surface area contributed by atoms with E-state index in [1.54, 1.807) is 0 Å². The average Bonchev–Trinajstić information content (AvgIpc) is 3.24. The summed E-state index contributed by atoms with van der Waals surface area (Å²) >= 11 is 0. The quantitative estimate of drug-likeness (QED) is 0.781. The van der Waals surface area contributed by atoms with Crippen molar-refractivity contribution in [2.45, 2.75) is 32.2 Å². The van der Waals surface area contributed by atoms with Gasteiger partial charge in [-0.2, -0.15) is 4.98 Å². The van der Waals surface area contributed by atoms with E-state index in [1.807, 2.05) is 24.3 Å². The summed E-state index contributed by atoms with van der Waals surface area (Å²) in [6.07, 6.45) is 7.79. The highest BCUT2D eigenvalue weighted by Crippen LogP contribution is 2.38. The number of hydrogen-bond donors (Lipinski definition) is 0. The number of benzene rings is 1. The summed E-state index contributed by atoms with van der Waals surface area (Å²) < 4.78 is 5.29. The van der Waals surface area contributed by atoms with Gasteiger partial charge in [0, 0.05) is 23.7 Å². The fourth-order valence-corrected chi connectivity index (χ4v) is 2.18. The third kappa shape index (κ3) is 2.67. The van der Waals surface area contributed by atoms with Crippen LogP contribution in [0.3, 0.4) is 0 Å². The number of aromatic nitrogens is 2. The van der Waals surface area contributed by atoms with Crippen molar-refractivity contribution in [2.24, 2.45) is 0 Å². The van der Waals surface area contributed by atoms with Crippen LogP contribution in [0.25, 0.3) is 0 Å². The largest absolute Gasteiger partial charge is 0.364 e. The Bertz CT molecular complexity index is 637. The van der Waals surface area contributed by atoms with Crippen molar-refractivity contribution >= 4 is 5.69 Å². The molecule has 1 saturated carbocycles. The van der Waals surface area contributed by atoms with E-state index in [0.717, 1.165) is 29.5 Å². The predicted molar refractivity (Wildman–Crippen MR) is 77.4 cm³/mol. The van der Waals surface area contributed by atoms with Gasteiger partial charge in [0.15, 0.2) is 5.82 Å². The number of hydrogen-bond acceptors (Lipinski definition) is 4. The first-order valence-electron chi connectivity index (χ1n) is 6.94. The second-order valence-corrected chi connectivity index (χ2v) is 5.03. The minimum absolute atomic E-state index is 0.496. The maximum Gasteiger partial charge on any atom is 0.229 e. The summed E-state index contributed by atoms with van der Waals surface area (Å²) in [6.45, 7) is 3.60. The average molecular weight is 267 g/mol. The lowest BCUT2D eigenvalue weighted by Crippen LogP contribution is -2.22. The van der Waals surface area contributed by atoms with Gasteiger partial charge in [-0.05, 0) is 38.0 Å². The van der Waals surface area contributed by atoms with Gasteiger partial charge in [0.05, 0.1) is 6.54 Å². The van der Waals surface area contributed by atoms with Crippen molar-refractivity contribution in [3.63, 3.8) is 0 Å². The van der Waals surface area contributed by atoms with Gasteiger partial charge in [-0.15, -0.1) is 6.42 Å². The summed E-state index contributed by atoms with van der Waals surface area (Å²) in [6, 6.07) is 7.95. The van der Waals surface area contributed by atoms with E-state index < -0.39 is 0 Å². The van der Waals surface area contributed by atoms with Gasteiger partial charge in [0.1, 0.15) is 0 Å². The fraction of sp³-hybridized carbons (Fsp3) is 0.375. The molecule has 1 aliphatic carbocycles. The Labute approximate surface area is 118 Å². The van der Waals surface area contributed by atoms with Gasteiger partial charge in [-0.1, -0.05) is 17.1 Å². The molecule has 0 unspecified atom stereocenters. The minimum atomic E-state index is 0.496. The molecule has 0 bridgehead atoms. The lowest BCUT2D eigenvalue weighted by atomic mass is 10.2. The third-order valence-electron chi connectivity index (χ3n) is 3.50. The zero-order valence-corrected chi connectivity index (χ0v) is 11.5. The van der Waals surface area contributed by atoms with Gasteiger partial charge >= 0.3 is 0 Å². The third-order valence-corrected chi connectivity index (χ3v) is 3.50. The van der Waals surface area contributed by atoms with Crippen LogP contribution in [0.2, 0.25) is 0 Å². The van der Waals surface area contributed by atoms with Crippen molar-refractivity contribution in [3.05, 3.63) is 41.5 Å². The summed E-state index contributed by atoms with van der Waals surface area (Å²) in [5, 5.41) is 4.07. The van der Waals surface area contributed by atoms with Crippen LogP contribution >= 0.6 is 0 Å². The Morgan fingerprint density at radius 1 is 1.45 bits per heavy atom. The van der Waals surface area contributed by atoms with Gasteiger partial charge in [-0.3, -0.25) is 0 Å². The second kappa shape index (κ2) is 5.38. The van der Waals surface area contributed by atoms with E-state index in [0.29, 0.717) is 12.5 Å². The molecule has 4 heteroatoms. The second-order valence-electron chi connectivity index (χ2n) is 5.03. The highest BCUT2D eigenvalue weighted by atomic mass is 16.5. The molecule has 1 aliphatic rings. The van der Waals surface area contributed by atoms with Gasteiger partial charge in [0.25, 0.3) is 0 Å². The lowest BCUT2D eigenvalue weighted by Gasteiger charge is -2.21. The smallest absolute Gasteiger partial charge is 0.229 e. The highest BCUT2D eigenvalue weighted by Gasteiger charge is 2.29. The molecular formula is C16H17N3O. The number of anilines is 1. The lowest BCUT2D eigenvalue weighted by molar-refractivity contribution is 0.374. The van der Waals surface area contributed by atoms with E-state index >= 15 is 0 Å². The molecule has 0 N–H and O–H groups in total. The van der Waals surface area contributed by atoms with Gasteiger partial charge in [0.2, 0.25) is 5.89 Å². The summed E-state index contributed by atoms with van der Waals surface area (Å²) in [7, 11) is 0. The molecule has 1 aromatic carbocycles. The Morgan fingerprint density at radius 3 is 3.00 bits per heavy atom. The number of rotatable bonds is 5. The highest BCUT2D eigenvalue weighted by molar-refractivity contribution is 5.52. The van der Waals surface area contributed by atoms with Gasteiger partial charge in [-0.25, -0.2) is 0 Å². The predicted octanol–water partition coefficient (Wildman–Crippen LogP) is 2.95. The Morgan fingerprint density at radius 2 is 2.30 bits per heavy atom. The zero-order chi connectivity index (χ0) is 13.9. The standard InChI is InChI=1S/C16H17N3O/c1-3-12-6-5-7-14(10-12)19(4-2)11-15-17-16(20-18-15)13-8-9-13/h1,5-7,10,13H,4,8-9,11H2,2H3. The summed E-state index contributed by atoms with van der Waals surface area (Å²) in [5.41, 5.74) is 1.97. The SMILES string of the molecule is C#Cc1cccc(N(CC)Cc2noc(C3CC3)n2)c1. The van der Waals surface area contributed by atoms with Crippen LogP contribution in [-0.4, -0.2) is 16.7 Å². The zero-order valence-electron chi connectivity index (χ0n) is 11.5. The molecular weight excluding hydrogens is 250 g/mol. The number of terminal acetylenes is 1. The van der Waals surface area contributed by atoms with Crippen molar-refractivity contribution < 1.29 is 4.52 Å². The van der Waals surface area contributed by atoms with E-state index in [4.69, 9.17) is 10.9 Å². The maximum absolute atomic E-state index is 5.45. The van der Waals surface area contributed by atoms with Crippen LogP contribution in [0.5, 0.6) is 0 Å². The molecule has 1 fully saturated rings. The van der Waals surface area contributed by atoms with Crippen molar-refractivity contribution in [1.29, 1.82) is 0 Å². The Kier molecular flexibility index (Phi) is 3.42. The van der Waals surface area contributed by atoms with Gasteiger partial charge < -0.3 is 9.42 Å². The maximum atomic E-state index is 5.45. The molecule has 0 saturated heterocycles. The summed E-state index contributed by atoms with van der Waals surface area (Å²) in [4.78, 5) is 6.65. The fourth-order valence-electron chi connectivity index (χ4n) is 2.18. The topological polar surface area (TPSA) is 42.2 Å². The van der Waals surface area contributed by atoms with Crippen LogP contribution in [0.1, 0.15) is 43.0 Å². The molecule has 3 rings (SSSR count). The Hall–Kier alpha value is -2.28. The molecule has 4 nitrogen and oxygen atoms in total. The molecule has 0 spiro atoms. The van der Waals surface area contributed by atoms with Crippen molar-refractivity contribution in [1.82, 2.24) is 10.1 Å². The molecule has 1 aromatic heterocycles. The monoisotopic (exact) mass is 267 g/mol. The molecule has 20 heavy (non-hydrogen) atoms. The van der Waals surface area contributed by atoms with Crippen molar-refractivity contribution in [2.75, 3.05) is 11.4 Å². The van der Waals surface area contributed by atoms with Crippen LogP contribution in [-0.2, 0) is 6.54 Å². The normalized spacial score (nSPS) is 14.0. The van der Waals surface area contributed by atoms with E-state index in [-0.39, 0.29) is 0 Å². The minimum Gasteiger partial charge on any atom is -0.364 e. The molecule has 0 aliphatic heterocycles. The first kappa shape index (κ1) is 12.7. The Balaban J connectivity index is 1.76. The van der Waals surface area contributed by atoms with Crippen molar-refractivity contribution in [3.8, 4) is 12.3 Å². The van der Waals surface area contributed by atoms with E-state index in [9.17, 15) is 0 Å². The van der Waals surface area contributed by atoms with Crippen LogP contribution < -0.4 is 4.90 Å². The molecule has 0 amide bonds. The van der Waals surface area contributed by atoms with Crippen LogP contribution in [0.15, 0.2) is 28.8 Å². The molecule has 0 atom stereocenters. The van der Waals surface area contributed by atoms with E-state index in [2.05, 4.69) is 27.9 Å². The molecule has 2 aromatic rings. The summed E-state index contributed by atoms with van der Waals surface area (Å²) in [5.74, 6) is 4.68. The first-order chi connectivity index (χ1) is 9.80. The van der Waals surface area contributed by atoms with Crippen LogP contribution in [0, 0.1) is 12.3 Å². The van der Waals surface area contributed by atoms with E-state index in [1.165, 1.54) is 12.8 Å². The first-order valence-corrected chi connectivity index (χ1v) is 6.94. The molecule has 0 radical (unpaired) electrons. The van der Waals surface area contributed by atoms with Crippen LogP contribution in [0.4, 0.5) is 5.69 Å².